The van der Waals surface area contributed by atoms with Gasteiger partial charge in [-0.3, -0.25) is 4.79 Å². The molecule has 1 saturated heterocycles. The number of amides is 1. The van der Waals surface area contributed by atoms with E-state index in [0.29, 0.717) is 11.3 Å². The third kappa shape index (κ3) is 5.08. The fraction of sp³-hybridized carbons (Fsp3) is 0.500. The molecule has 4 nitrogen and oxygen atoms in total. The van der Waals surface area contributed by atoms with Crippen LogP contribution < -0.4 is 0 Å². The van der Waals surface area contributed by atoms with Gasteiger partial charge in [-0.15, -0.1) is 11.8 Å². The second-order valence-corrected chi connectivity index (χ2v) is 6.28. The predicted octanol–water partition coefficient (Wildman–Crippen LogP) is 3.02. The Morgan fingerprint density at radius 3 is 2.24 bits per heavy atom. The fourth-order valence-electron chi connectivity index (χ4n) is 2.41. The highest BCUT2D eigenvalue weighted by molar-refractivity contribution is 7.99. The van der Waals surface area contributed by atoms with Crippen LogP contribution in [0.5, 0.6) is 0 Å². The maximum Gasteiger partial charge on any atom is 0.335 e. The van der Waals surface area contributed by atoms with Gasteiger partial charge in [-0.1, -0.05) is 25.0 Å². The molecule has 1 aliphatic heterocycles. The number of carboxylic acid groups (broad SMARTS) is 1. The van der Waals surface area contributed by atoms with E-state index in [1.165, 1.54) is 12.8 Å². The van der Waals surface area contributed by atoms with Gasteiger partial charge >= 0.3 is 5.97 Å². The molecule has 0 bridgehead atoms. The number of rotatable bonds is 5. The molecule has 1 aromatic carbocycles. The van der Waals surface area contributed by atoms with Crippen LogP contribution in [0.2, 0.25) is 0 Å². The van der Waals surface area contributed by atoms with Crippen molar-refractivity contribution < 1.29 is 14.7 Å². The molecule has 0 unspecified atom stereocenters. The highest BCUT2D eigenvalue weighted by atomic mass is 32.2. The Labute approximate surface area is 129 Å². The van der Waals surface area contributed by atoms with Crippen LogP contribution in [0, 0.1) is 0 Å². The summed E-state index contributed by atoms with van der Waals surface area (Å²) in [5, 5.41) is 8.84. The van der Waals surface area contributed by atoms with Crippen LogP contribution in [-0.2, 0) is 10.5 Å². The summed E-state index contributed by atoms with van der Waals surface area (Å²) in [7, 11) is 0. The molecule has 1 N–H and O–H groups in total. The Bertz CT molecular complexity index is 479. The Balaban J connectivity index is 1.75. The van der Waals surface area contributed by atoms with E-state index >= 15 is 0 Å². The van der Waals surface area contributed by atoms with Gasteiger partial charge in [-0.25, -0.2) is 4.79 Å². The van der Waals surface area contributed by atoms with Crippen LogP contribution in [-0.4, -0.2) is 40.7 Å². The summed E-state index contributed by atoms with van der Waals surface area (Å²) >= 11 is 1.59. The summed E-state index contributed by atoms with van der Waals surface area (Å²) < 4.78 is 0. The van der Waals surface area contributed by atoms with Crippen molar-refractivity contribution in [3.63, 3.8) is 0 Å². The van der Waals surface area contributed by atoms with Crippen molar-refractivity contribution in [1.29, 1.82) is 0 Å². The summed E-state index contributed by atoms with van der Waals surface area (Å²) in [5.74, 6) is 0.551. The molecule has 1 heterocycles. The van der Waals surface area contributed by atoms with Gasteiger partial charge in [0, 0.05) is 18.8 Å². The van der Waals surface area contributed by atoms with Crippen molar-refractivity contribution in [1.82, 2.24) is 4.90 Å². The van der Waals surface area contributed by atoms with Crippen LogP contribution in [0.3, 0.4) is 0 Å². The lowest BCUT2D eigenvalue weighted by Crippen LogP contribution is -2.33. The van der Waals surface area contributed by atoms with Gasteiger partial charge in [-0.2, -0.15) is 0 Å². The number of thioether (sulfide) groups is 1. The normalized spacial score (nSPS) is 15.5. The Morgan fingerprint density at radius 2 is 1.67 bits per heavy atom. The lowest BCUT2D eigenvalue weighted by molar-refractivity contribution is -0.128. The van der Waals surface area contributed by atoms with E-state index in [1.54, 1.807) is 23.9 Å². The van der Waals surface area contributed by atoms with Crippen molar-refractivity contribution in [2.45, 2.75) is 31.4 Å². The quantitative estimate of drug-likeness (QED) is 0.908. The first kappa shape index (κ1) is 15.9. The molecule has 0 saturated carbocycles. The topological polar surface area (TPSA) is 57.6 Å². The largest absolute Gasteiger partial charge is 0.478 e. The van der Waals surface area contributed by atoms with Gasteiger partial charge in [0.1, 0.15) is 0 Å². The van der Waals surface area contributed by atoms with Gasteiger partial charge in [0.05, 0.1) is 11.3 Å². The van der Waals surface area contributed by atoms with E-state index in [1.807, 2.05) is 17.0 Å². The Hall–Kier alpha value is -1.49. The third-order valence-electron chi connectivity index (χ3n) is 3.65. The molecule has 1 aromatic rings. The van der Waals surface area contributed by atoms with Crippen LogP contribution in [0.1, 0.15) is 41.6 Å². The number of carbonyl (C=O) groups excluding carboxylic acids is 1. The molecule has 0 aliphatic carbocycles. The maximum atomic E-state index is 12.1. The first-order valence-corrected chi connectivity index (χ1v) is 8.50. The van der Waals surface area contributed by atoms with Crippen LogP contribution in [0.15, 0.2) is 24.3 Å². The summed E-state index contributed by atoms with van der Waals surface area (Å²) in [6.45, 7) is 1.79. The summed E-state index contributed by atoms with van der Waals surface area (Å²) in [6, 6.07) is 6.84. The highest BCUT2D eigenvalue weighted by Crippen LogP contribution is 2.16. The van der Waals surface area contributed by atoms with Crippen molar-refractivity contribution in [2.75, 3.05) is 18.8 Å². The van der Waals surface area contributed by atoms with E-state index in [0.717, 1.165) is 37.2 Å². The first-order valence-electron chi connectivity index (χ1n) is 7.34. The third-order valence-corrected chi connectivity index (χ3v) is 4.64. The molecular weight excluding hydrogens is 286 g/mol. The van der Waals surface area contributed by atoms with Crippen LogP contribution in [0.4, 0.5) is 0 Å². The predicted molar refractivity (Wildman–Crippen MR) is 84.6 cm³/mol. The number of carbonyl (C=O) groups is 2. The maximum absolute atomic E-state index is 12.1. The van der Waals surface area contributed by atoms with Crippen molar-refractivity contribution in [3.05, 3.63) is 35.4 Å². The highest BCUT2D eigenvalue weighted by Gasteiger charge is 2.15. The molecule has 0 aromatic heterocycles. The SMILES string of the molecule is O=C(O)c1ccc(CSCC(=O)N2CCCCCC2)cc1. The van der Waals surface area contributed by atoms with Crippen molar-refractivity contribution in [2.24, 2.45) is 0 Å². The van der Waals surface area contributed by atoms with Crippen LogP contribution >= 0.6 is 11.8 Å². The van der Waals surface area contributed by atoms with E-state index in [-0.39, 0.29) is 5.91 Å². The van der Waals surface area contributed by atoms with E-state index in [2.05, 4.69) is 0 Å². The van der Waals surface area contributed by atoms with Gasteiger partial charge < -0.3 is 10.0 Å². The molecule has 2 rings (SSSR count). The summed E-state index contributed by atoms with van der Waals surface area (Å²) in [4.78, 5) is 24.9. The Kier molecular flexibility index (Phi) is 6.11. The zero-order valence-electron chi connectivity index (χ0n) is 12.1. The van der Waals surface area contributed by atoms with E-state index in [9.17, 15) is 9.59 Å². The molecule has 0 atom stereocenters. The smallest absolute Gasteiger partial charge is 0.335 e. The molecule has 21 heavy (non-hydrogen) atoms. The average Bonchev–Trinajstić information content (AvgIpc) is 2.77. The molecule has 0 radical (unpaired) electrons. The number of hydrogen-bond donors (Lipinski definition) is 1. The lowest BCUT2D eigenvalue weighted by Gasteiger charge is -2.19. The summed E-state index contributed by atoms with van der Waals surface area (Å²) in [6.07, 6.45) is 4.69. The number of nitrogens with zero attached hydrogens (tertiary/aromatic N) is 1. The van der Waals surface area contributed by atoms with Gasteiger partial charge in [0.2, 0.25) is 5.91 Å². The standard InChI is InChI=1S/C16H21NO3S/c18-15(17-9-3-1-2-4-10-17)12-21-11-13-5-7-14(8-6-13)16(19)20/h5-8H,1-4,9-12H2,(H,19,20). The lowest BCUT2D eigenvalue weighted by atomic mass is 10.1. The van der Waals surface area contributed by atoms with Gasteiger partial charge in [-0.05, 0) is 30.5 Å². The van der Waals surface area contributed by atoms with Gasteiger partial charge in [0.15, 0.2) is 0 Å². The average molecular weight is 307 g/mol. The minimum absolute atomic E-state index is 0.226. The van der Waals surface area contributed by atoms with Crippen molar-refractivity contribution >= 4 is 23.6 Å². The number of benzene rings is 1. The van der Waals surface area contributed by atoms with E-state index < -0.39 is 5.97 Å². The second kappa shape index (κ2) is 8.08. The molecule has 0 spiro atoms. The van der Waals surface area contributed by atoms with E-state index in [4.69, 9.17) is 5.11 Å². The first-order chi connectivity index (χ1) is 10.2. The monoisotopic (exact) mass is 307 g/mol. The fourth-order valence-corrected chi connectivity index (χ4v) is 3.30. The number of hydrogen-bond acceptors (Lipinski definition) is 3. The van der Waals surface area contributed by atoms with Crippen molar-refractivity contribution in [3.8, 4) is 0 Å². The zero-order valence-corrected chi connectivity index (χ0v) is 12.9. The molecule has 1 aliphatic rings. The Morgan fingerprint density at radius 1 is 1.05 bits per heavy atom. The minimum atomic E-state index is -0.912. The molecule has 1 amide bonds. The summed E-state index contributed by atoms with van der Waals surface area (Å²) in [5.41, 5.74) is 1.35. The number of carboxylic acids is 1. The van der Waals surface area contributed by atoms with Crippen LogP contribution in [0.25, 0.3) is 0 Å². The minimum Gasteiger partial charge on any atom is -0.478 e. The zero-order chi connectivity index (χ0) is 15.1. The molecule has 1 fully saturated rings. The molecule has 114 valence electrons. The second-order valence-electron chi connectivity index (χ2n) is 5.29. The molecule has 5 heteroatoms. The van der Waals surface area contributed by atoms with Gasteiger partial charge in [0.25, 0.3) is 0 Å². The number of likely N-dealkylation sites (tertiary alicyclic amines) is 1. The number of aromatic carboxylic acids is 1. The molecular formula is C16H21NO3S.